The van der Waals surface area contributed by atoms with Crippen molar-refractivity contribution in [3.63, 3.8) is 0 Å². The Kier molecular flexibility index (Phi) is 60.3. The topological polar surface area (TPSA) is 139 Å². The number of hydrogen-bond donors (Lipinski definition) is 2. The average Bonchev–Trinajstić information content (AvgIpc) is 2.89. The van der Waals surface area contributed by atoms with Crippen LogP contribution in [-0.2, 0) is 40.8 Å². The van der Waals surface area contributed by atoms with Gasteiger partial charge in [0.1, 0.15) is 0 Å². The first-order chi connectivity index (χ1) is 18.4. The van der Waals surface area contributed by atoms with E-state index in [2.05, 4.69) is 23.3 Å². The summed E-state index contributed by atoms with van der Waals surface area (Å²) in [5.41, 5.74) is 0. The number of aliphatic hydroxyl groups excluding tert-OH is 2. The molecule has 0 rings (SSSR count). The van der Waals surface area contributed by atoms with Crippen LogP contribution in [0.5, 0.6) is 0 Å². The van der Waals surface area contributed by atoms with Gasteiger partial charge in [0.2, 0.25) is 0 Å². The van der Waals surface area contributed by atoms with Crippen LogP contribution < -0.4 is 10.2 Å². The molecular weight excluding hydrogens is 536 g/mol. The van der Waals surface area contributed by atoms with E-state index in [1.165, 1.54) is 89.9 Å². The molecule has 0 spiro atoms. The van der Waals surface area contributed by atoms with Gasteiger partial charge >= 0.3 is 21.7 Å². The van der Waals surface area contributed by atoms with E-state index in [4.69, 9.17) is 10.2 Å². The van der Waals surface area contributed by atoms with Crippen molar-refractivity contribution in [2.75, 3.05) is 26.4 Å². The normalized spacial score (nSPS) is 9.79. The number of aliphatic hydroxyl groups is 2. The summed E-state index contributed by atoms with van der Waals surface area (Å²) in [6.45, 7) is 9.70. The zero-order chi connectivity index (χ0) is 29.5. The summed E-state index contributed by atoms with van der Waals surface area (Å²) in [6, 6.07) is 0. The van der Waals surface area contributed by atoms with Gasteiger partial charge in [0.05, 0.1) is 37.7 Å². The Morgan fingerprint density at radius 2 is 0.795 bits per heavy atom. The number of carbonyl (C=O) groups excluding carboxylic acids is 2. The summed E-state index contributed by atoms with van der Waals surface area (Å²) in [5, 5.41) is 36.2. The number of ether oxygens (including phenoxy) is 2. The molecule has 0 amide bonds. The molecule has 0 aliphatic carbocycles. The first-order valence-corrected chi connectivity index (χ1v) is 14.6. The van der Waals surface area contributed by atoms with Crippen molar-refractivity contribution in [3.05, 3.63) is 24.7 Å². The third kappa shape index (κ3) is 72.4. The zero-order valence-electron chi connectivity index (χ0n) is 25.3. The third-order valence-corrected chi connectivity index (χ3v) is 4.96. The summed E-state index contributed by atoms with van der Waals surface area (Å²) in [4.78, 5) is 19.2. The number of hydrogen-bond acceptors (Lipinski definition) is 8. The van der Waals surface area contributed by atoms with Crippen molar-refractivity contribution in [1.82, 2.24) is 0 Å². The van der Waals surface area contributed by atoms with Crippen LogP contribution in [-0.4, -0.2) is 48.6 Å². The average molecular weight is 595 g/mol. The Balaban J connectivity index is -0.000000132. The van der Waals surface area contributed by atoms with Crippen LogP contribution in [0.15, 0.2) is 24.7 Å². The van der Waals surface area contributed by atoms with Crippen molar-refractivity contribution in [1.29, 1.82) is 0 Å². The SMILES string of the molecule is CCCCCCCCCCO.CCCCCCCCCCO.CCOC=CC(=O)[O-].CCOC=CC(=O)[O-].[Ti+2]. The Morgan fingerprint density at radius 1 is 0.538 bits per heavy atom. The molecule has 0 aromatic rings. The smallest absolute Gasteiger partial charge is 0.545 e. The van der Waals surface area contributed by atoms with E-state index in [1.54, 1.807) is 13.8 Å². The first-order valence-electron chi connectivity index (χ1n) is 14.6. The monoisotopic (exact) mass is 594 g/mol. The molecule has 0 saturated carbocycles. The molecule has 39 heavy (non-hydrogen) atoms. The summed E-state index contributed by atoms with van der Waals surface area (Å²) in [6.07, 6.45) is 24.6. The Labute approximate surface area is 254 Å². The van der Waals surface area contributed by atoms with Gasteiger partial charge in [0.25, 0.3) is 0 Å². The maximum absolute atomic E-state index is 9.60. The predicted octanol–water partition coefficient (Wildman–Crippen LogP) is 4.81. The third-order valence-electron chi connectivity index (χ3n) is 4.96. The summed E-state index contributed by atoms with van der Waals surface area (Å²) < 4.78 is 9.09. The molecular formula is C30H58O8Ti. The van der Waals surface area contributed by atoms with Crippen LogP contribution in [0.25, 0.3) is 0 Å². The van der Waals surface area contributed by atoms with E-state index in [9.17, 15) is 19.8 Å². The van der Waals surface area contributed by atoms with Gasteiger partial charge in [0.15, 0.2) is 0 Å². The molecule has 2 N–H and O–H groups in total. The molecule has 0 aromatic carbocycles. The van der Waals surface area contributed by atoms with Gasteiger partial charge in [-0.1, -0.05) is 104 Å². The van der Waals surface area contributed by atoms with Crippen molar-refractivity contribution in [3.8, 4) is 0 Å². The van der Waals surface area contributed by atoms with E-state index in [0.29, 0.717) is 26.4 Å². The molecule has 0 fully saturated rings. The molecule has 0 heterocycles. The van der Waals surface area contributed by atoms with Crippen LogP contribution in [0.2, 0.25) is 0 Å². The number of carbonyl (C=O) groups is 2. The molecule has 230 valence electrons. The second-order valence-electron chi connectivity index (χ2n) is 8.55. The largest absolute Gasteiger partial charge is 2.00 e. The van der Waals surface area contributed by atoms with E-state index in [1.807, 2.05) is 0 Å². The predicted molar refractivity (Wildman–Crippen MR) is 151 cm³/mol. The van der Waals surface area contributed by atoms with Crippen molar-refractivity contribution in [2.24, 2.45) is 0 Å². The van der Waals surface area contributed by atoms with Crippen molar-refractivity contribution >= 4 is 11.9 Å². The van der Waals surface area contributed by atoms with Gasteiger partial charge in [-0.05, 0) is 38.8 Å². The van der Waals surface area contributed by atoms with Gasteiger partial charge in [-0.2, -0.15) is 0 Å². The van der Waals surface area contributed by atoms with Crippen molar-refractivity contribution in [2.45, 2.75) is 130 Å². The fourth-order valence-corrected chi connectivity index (χ4v) is 2.89. The van der Waals surface area contributed by atoms with Gasteiger partial charge in [-0.3, -0.25) is 0 Å². The number of aliphatic carboxylic acids is 2. The maximum Gasteiger partial charge on any atom is 2.00 e. The molecule has 0 aliphatic heterocycles. The molecule has 0 aliphatic rings. The second-order valence-corrected chi connectivity index (χ2v) is 8.55. The fraction of sp³-hybridized carbons (Fsp3) is 0.800. The van der Waals surface area contributed by atoms with E-state index in [0.717, 1.165) is 37.5 Å². The van der Waals surface area contributed by atoms with E-state index in [-0.39, 0.29) is 21.7 Å². The zero-order valence-corrected chi connectivity index (χ0v) is 26.9. The second kappa shape index (κ2) is 49.6. The van der Waals surface area contributed by atoms with Crippen LogP contribution in [0.1, 0.15) is 130 Å². The minimum absolute atomic E-state index is 0. The molecule has 0 saturated heterocycles. The minimum atomic E-state index is -1.24. The maximum atomic E-state index is 9.60. The molecule has 0 radical (unpaired) electrons. The number of unbranched alkanes of at least 4 members (excludes halogenated alkanes) is 14. The summed E-state index contributed by atoms with van der Waals surface area (Å²) in [7, 11) is 0. The van der Waals surface area contributed by atoms with Gasteiger partial charge in [-0.15, -0.1) is 0 Å². The minimum Gasteiger partial charge on any atom is -0.545 e. The number of carboxylic acids is 2. The quantitative estimate of drug-likeness (QED) is 0.0788. The molecule has 9 heteroatoms. The Bertz CT molecular complexity index is 439. The number of rotatable bonds is 22. The van der Waals surface area contributed by atoms with Crippen LogP contribution >= 0.6 is 0 Å². The fourth-order valence-electron chi connectivity index (χ4n) is 2.89. The van der Waals surface area contributed by atoms with Gasteiger partial charge in [0, 0.05) is 13.2 Å². The van der Waals surface area contributed by atoms with Crippen LogP contribution in [0, 0.1) is 0 Å². The van der Waals surface area contributed by atoms with Gasteiger partial charge in [-0.25, -0.2) is 0 Å². The number of carboxylic acid groups (broad SMARTS) is 2. The van der Waals surface area contributed by atoms with Crippen LogP contribution in [0.4, 0.5) is 0 Å². The first kappa shape index (κ1) is 47.4. The standard InChI is InChI=1S/2C10H22O.2C5H8O3.Ti/c2*1-2-3-4-5-6-7-8-9-10-11;2*1-2-8-4-3-5(6)7;/h2*11H,2-10H2,1H3;2*3-4H,2H2,1H3,(H,6,7);/q;;;;+2/p-2. The molecule has 0 unspecified atom stereocenters. The summed E-state index contributed by atoms with van der Waals surface area (Å²) >= 11 is 0. The van der Waals surface area contributed by atoms with Crippen molar-refractivity contribution < 1.29 is 61.2 Å². The van der Waals surface area contributed by atoms with Crippen LogP contribution in [0.3, 0.4) is 0 Å². The van der Waals surface area contributed by atoms with E-state index < -0.39 is 11.9 Å². The molecule has 0 atom stereocenters. The molecule has 0 aromatic heterocycles. The van der Waals surface area contributed by atoms with E-state index >= 15 is 0 Å². The molecule has 0 bridgehead atoms. The van der Waals surface area contributed by atoms with Gasteiger partial charge < -0.3 is 39.5 Å². The Morgan fingerprint density at radius 3 is 1.00 bits per heavy atom. The molecule has 8 nitrogen and oxygen atoms in total. The summed E-state index contributed by atoms with van der Waals surface area (Å²) in [5.74, 6) is -2.48. The Hall–Kier alpha value is -1.35.